The monoisotopic (exact) mass is 603 g/mol. The lowest BCUT2D eigenvalue weighted by molar-refractivity contribution is -0.213. The van der Waals surface area contributed by atoms with Crippen LogP contribution in [0.2, 0.25) is 10.0 Å². The number of hydrogen-bond acceptors (Lipinski definition) is 8. The quantitative estimate of drug-likeness (QED) is 0.256. The molecule has 0 saturated carbocycles. The van der Waals surface area contributed by atoms with Crippen LogP contribution >= 0.6 is 35.3 Å². The molecule has 0 bridgehead atoms. The zero-order chi connectivity index (χ0) is 27.9. The number of halogens is 6. The molecule has 0 spiro atoms. The van der Waals surface area contributed by atoms with Crippen LogP contribution in [-0.2, 0) is 23.5 Å². The first-order valence-corrected chi connectivity index (χ1v) is 12.6. The second kappa shape index (κ2) is 10.2. The molecule has 39 heavy (non-hydrogen) atoms. The van der Waals surface area contributed by atoms with Gasteiger partial charge in [0, 0.05) is 17.9 Å². The van der Waals surface area contributed by atoms with E-state index < -0.39 is 35.3 Å². The lowest BCUT2D eigenvalue weighted by atomic mass is 10.1. The molecule has 3 aromatic heterocycles. The zero-order valence-electron chi connectivity index (χ0n) is 19.3. The number of carbonyl (C=O) groups is 2. The lowest BCUT2D eigenvalue weighted by Gasteiger charge is -2.31. The van der Waals surface area contributed by atoms with Gasteiger partial charge in [0.25, 0.3) is 17.5 Å². The minimum atomic E-state index is -5.31. The maximum atomic E-state index is 14.6. The zero-order valence-corrected chi connectivity index (χ0v) is 21.6. The summed E-state index contributed by atoms with van der Waals surface area (Å²) < 4.78 is 58.1. The van der Waals surface area contributed by atoms with E-state index in [0.29, 0.717) is 16.8 Å². The Hall–Kier alpha value is -3.63. The molecule has 3 N–H and O–H groups in total. The number of anilines is 2. The van der Waals surface area contributed by atoms with Gasteiger partial charge in [0.15, 0.2) is 0 Å². The first-order valence-electron chi connectivity index (χ1n) is 11.0. The molecule has 2 amide bonds. The van der Waals surface area contributed by atoms with Gasteiger partial charge < -0.3 is 10.6 Å². The highest BCUT2D eigenvalue weighted by Crippen LogP contribution is 2.45. The van der Waals surface area contributed by atoms with Gasteiger partial charge in [-0.25, -0.2) is 9.97 Å². The summed E-state index contributed by atoms with van der Waals surface area (Å²) in [5.74, 6) is -2.96. The molecule has 1 unspecified atom stereocenters. The molecular formula is C21H15Cl2F4N9O2S. The lowest BCUT2D eigenvalue weighted by Crippen LogP contribution is -2.63. The third kappa shape index (κ3) is 4.83. The van der Waals surface area contributed by atoms with Crippen LogP contribution in [-0.4, -0.2) is 53.3 Å². The summed E-state index contributed by atoms with van der Waals surface area (Å²) in [6.07, 6.45) is -3.72. The highest BCUT2D eigenvalue weighted by molar-refractivity contribution is 7.94. The van der Waals surface area contributed by atoms with Crippen molar-refractivity contribution in [2.24, 2.45) is 0 Å². The predicted molar refractivity (Wildman–Crippen MR) is 135 cm³/mol. The number of imidazole rings is 1. The van der Waals surface area contributed by atoms with Crippen molar-refractivity contribution in [1.29, 1.82) is 0 Å². The number of rotatable bonds is 8. The van der Waals surface area contributed by atoms with E-state index in [9.17, 15) is 26.6 Å². The van der Waals surface area contributed by atoms with E-state index in [4.69, 9.17) is 23.2 Å². The van der Waals surface area contributed by atoms with E-state index >= 15 is 0 Å². The molecule has 1 aromatic carbocycles. The normalized spacial score (nSPS) is 16.8. The fourth-order valence-corrected chi connectivity index (χ4v) is 4.53. The van der Waals surface area contributed by atoms with E-state index in [2.05, 4.69) is 30.9 Å². The Balaban J connectivity index is 1.42. The van der Waals surface area contributed by atoms with Crippen molar-refractivity contribution >= 4 is 70.0 Å². The van der Waals surface area contributed by atoms with Crippen LogP contribution in [0.5, 0.6) is 0 Å². The largest absolute Gasteiger partial charge is 0.440 e. The van der Waals surface area contributed by atoms with Crippen molar-refractivity contribution in [3.05, 3.63) is 58.0 Å². The number of aromatic nitrogens is 6. The number of amides is 2. The Morgan fingerprint density at radius 2 is 1.95 bits per heavy atom. The fourth-order valence-electron chi connectivity index (χ4n) is 3.95. The summed E-state index contributed by atoms with van der Waals surface area (Å²) in [4.78, 5) is 33.9. The molecular weight excluding hydrogens is 589 g/mol. The molecule has 1 aliphatic rings. The van der Waals surface area contributed by atoms with Gasteiger partial charge in [-0.1, -0.05) is 34.5 Å². The summed E-state index contributed by atoms with van der Waals surface area (Å²) in [6.45, 7) is 0.424. The SMILES string of the molecule is O=C(NC1(C(F)(F)F)C(=O)Nc2nc3cc(Cl)c(Cl)cc3n21)c1cccc(NCc2cn(CCSF)nn2)n1. The predicted octanol–water partition coefficient (Wildman–Crippen LogP) is 4.16. The summed E-state index contributed by atoms with van der Waals surface area (Å²) in [5.41, 5.74) is -3.64. The number of fused-ring (bicyclic) bond motifs is 3. The summed E-state index contributed by atoms with van der Waals surface area (Å²) in [5, 5.41) is 14.5. The van der Waals surface area contributed by atoms with E-state index in [-0.39, 0.29) is 51.3 Å². The number of benzene rings is 1. The van der Waals surface area contributed by atoms with Crippen LogP contribution in [0.4, 0.5) is 28.8 Å². The Bertz CT molecular complexity index is 1600. The third-order valence-corrected chi connectivity index (χ3v) is 6.77. The Morgan fingerprint density at radius 1 is 1.18 bits per heavy atom. The second-order valence-corrected chi connectivity index (χ2v) is 9.63. The van der Waals surface area contributed by atoms with E-state index in [1.54, 1.807) is 6.20 Å². The van der Waals surface area contributed by atoms with Crippen LogP contribution in [0, 0.1) is 0 Å². The highest BCUT2D eigenvalue weighted by Gasteiger charge is 2.67. The highest BCUT2D eigenvalue weighted by atomic mass is 35.5. The van der Waals surface area contributed by atoms with Gasteiger partial charge in [0.1, 0.15) is 17.2 Å². The van der Waals surface area contributed by atoms with Crippen molar-refractivity contribution in [1.82, 2.24) is 34.8 Å². The van der Waals surface area contributed by atoms with Crippen molar-refractivity contribution in [3.63, 3.8) is 0 Å². The van der Waals surface area contributed by atoms with Gasteiger partial charge in [-0.2, -0.15) is 17.1 Å². The fraction of sp³-hybridized carbons (Fsp3) is 0.238. The Labute approximate surface area is 230 Å². The molecule has 0 fully saturated rings. The summed E-state index contributed by atoms with van der Waals surface area (Å²) >= 11 is 12.2. The topological polar surface area (TPSA) is 132 Å². The number of pyridine rings is 1. The maximum Gasteiger partial charge on any atom is 0.440 e. The molecule has 1 aliphatic heterocycles. The molecule has 0 radical (unpaired) electrons. The van der Waals surface area contributed by atoms with E-state index in [1.807, 2.05) is 5.32 Å². The van der Waals surface area contributed by atoms with Crippen LogP contribution in [0.15, 0.2) is 36.5 Å². The van der Waals surface area contributed by atoms with Crippen LogP contribution in [0.3, 0.4) is 0 Å². The summed E-state index contributed by atoms with van der Waals surface area (Å²) in [6, 6.07) is 6.43. The standard InChI is InChI=1S/C21H15Cl2F4N9O2S/c22-11-6-14-15(7-12(11)23)36-19(30-14)31-18(38)20(36,21(24,25)26)32-17(37)13-2-1-3-16(29-13)28-8-10-9-35(34-33-10)4-5-39-27/h1-3,6-7,9H,4-5,8H2,(H,28,29)(H,32,37)(H,30,31,38). The number of aryl methyl sites for hydroxylation is 1. The van der Waals surface area contributed by atoms with Crippen molar-refractivity contribution in [2.75, 3.05) is 16.4 Å². The molecule has 204 valence electrons. The number of nitrogens with one attached hydrogen (secondary N) is 3. The molecule has 18 heteroatoms. The first kappa shape index (κ1) is 27.0. The van der Waals surface area contributed by atoms with Crippen molar-refractivity contribution in [2.45, 2.75) is 24.9 Å². The van der Waals surface area contributed by atoms with Gasteiger partial charge in [0.05, 0.1) is 40.4 Å². The molecule has 4 aromatic rings. The van der Waals surface area contributed by atoms with Crippen LogP contribution in [0.25, 0.3) is 11.0 Å². The Morgan fingerprint density at radius 3 is 2.69 bits per heavy atom. The minimum absolute atomic E-state index is 0.0203. The molecule has 5 rings (SSSR count). The number of alkyl halides is 3. The molecule has 1 atom stereocenters. The van der Waals surface area contributed by atoms with Gasteiger partial charge in [-0.15, -0.1) is 5.10 Å². The average molecular weight is 604 g/mol. The van der Waals surface area contributed by atoms with Crippen LogP contribution < -0.4 is 16.0 Å². The second-order valence-electron chi connectivity index (χ2n) is 8.19. The van der Waals surface area contributed by atoms with Gasteiger partial charge in [-0.05, 0) is 24.3 Å². The third-order valence-electron chi connectivity index (χ3n) is 5.71. The smallest absolute Gasteiger partial charge is 0.364 e. The molecule has 0 aliphatic carbocycles. The first-order chi connectivity index (χ1) is 18.5. The number of nitrogens with zero attached hydrogens (tertiary/aromatic N) is 6. The van der Waals surface area contributed by atoms with Gasteiger partial charge in [-0.3, -0.25) is 24.2 Å². The van der Waals surface area contributed by atoms with Gasteiger partial charge in [0.2, 0.25) is 5.95 Å². The minimum Gasteiger partial charge on any atom is -0.364 e. The molecule has 0 saturated heterocycles. The number of hydrogen-bond donors (Lipinski definition) is 3. The summed E-state index contributed by atoms with van der Waals surface area (Å²) in [7, 11) is 0. The molecule has 4 heterocycles. The number of carbonyl (C=O) groups excluding carboxylic acids is 2. The van der Waals surface area contributed by atoms with E-state index in [0.717, 1.165) is 6.07 Å². The van der Waals surface area contributed by atoms with Crippen molar-refractivity contribution < 1.29 is 26.6 Å². The molecule has 11 nitrogen and oxygen atoms in total. The van der Waals surface area contributed by atoms with E-state index in [1.165, 1.54) is 28.9 Å². The van der Waals surface area contributed by atoms with Gasteiger partial charge >= 0.3 is 6.18 Å². The van der Waals surface area contributed by atoms with Crippen LogP contribution in [0.1, 0.15) is 16.2 Å². The van der Waals surface area contributed by atoms with Crippen molar-refractivity contribution in [3.8, 4) is 0 Å². The average Bonchev–Trinajstić information content (AvgIpc) is 3.55. The Kier molecular flexibility index (Phi) is 7.02. The maximum absolute atomic E-state index is 14.6.